The van der Waals surface area contributed by atoms with Gasteiger partial charge < -0.3 is 14.9 Å². The summed E-state index contributed by atoms with van der Waals surface area (Å²) in [5.74, 6) is 0.485. The van der Waals surface area contributed by atoms with E-state index in [1.54, 1.807) is 6.20 Å². The van der Waals surface area contributed by atoms with E-state index in [0.717, 1.165) is 22.3 Å². The summed E-state index contributed by atoms with van der Waals surface area (Å²) in [7, 11) is 0. The van der Waals surface area contributed by atoms with Gasteiger partial charge in [0.25, 0.3) is 0 Å². The minimum absolute atomic E-state index is 0.202. The van der Waals surface area contributed by atoms with Crippen LogP contribution in [0.3, 0.4) is 0 Å². The third-order valence-corrected chi connectivity index (χ3v) is 4.66. The van der Waals surface area contributed by atoms with E-state index in [9.17, 15) is 10.2 Å². The molecule has 120 valence electrons. The maximum absolute atomic E-state index is 10.0. The van der Waals surface area contributed by atoms with Crippen molar-refractivity contribution in [3.8, 4) is 17.0 Å². The molecule has 2 aromatic rings. The number of aromatic nitrogens is 1. The molecule has 1 unspecified atom stereocenters. The number of allylic oxidation sites excluding steroid dienone is 1. The van der Waals surface area contributed by atoms with Crippen LogP contribution in [0.1, 0.15) is 19.4 Å². The number of aliphatic hydroxyl groups is 2. The molecule has 1 aromatic carbocycles. The number of benzene rings is 1. The molecule has 0 bridgehead atoms. The lowest BCUT2D eigenvalue weighted by Gasteiger charge is -2.31. The van der Waals surface area contributed by atoms with Crippen LogP contribution in [0.4, 0.5) is 0 Å². The van der Waals surface area contributed by atoms with Crippen LogP contribution in [0, 0.1) is 0 Å². The Morgan fingerprint density at radius 2 is 1.91 bits per heavy atom. The van der Waals surface area contributed by atoms with Crippen molar-refractivity contribution in [2.24, 2.45) is 0 Å². The first-order valence-electron chi connectivity index (χ1n) is 7.73. The third kappa shape index (κ3) is 2.44. The molecule has 0 saturated carbocycles. The number of hydrogen-bond donors (Lipinski definition) is 2. The highest BCUT2D eigenvalue weighted by Gasteiger charge is 2.50. The summed E-state index contributed by atoms with van der Waals surface area (Å²) < 4.78 is 5.95. The van der Waals surface area contributed by atoms with Gasteiger partial charge in [0, 0.05) is 17.3 Å². The minimum atomic E-state index is -0.871. The van der Waals surface area contributed by atoms with Crippen LogP contribution in [0.5, 0.6) is 5.88 Å². The summed E-state index contributed by atoms with van der Waals surface area (Å²) in [4.78, 5) is 4.42. The second kappa shape index (κ2) is 6.14. The summed E-state index contributed by atoms with van der Waals surface area (Å²) >= 11 is 0. The highest BCUT2D eigenvalue weighted by molar-refractivity contribution is 5.65. The van der Waals surface area contributed by atoms with E-state index in [0.29, 0.717) is 5.88 Å². The van der Waals surface area contributed by atoms with Crippen LogP contribution < -0.4 is 4.74 Å². The molecule has 4 nitrogen and oxygen atoms in total. The van der Waals surface area contributed by atoms with Crippen molar-refractivity contribution in [2.45, 2.75) is 25.4 Å². The van der Waals surface area contributed by atoms with Gasteiger partial charge in [-0.3, -0.25) is 0 Å². The van der Waals surface area contributed by atoms with Crippen LogP contribution in [0.2, 0.25) is 0 Å². The molecule has 1 aliphatic rings. The third-order valence-electron chi connectivity index (χ3n) is 4.66. The van der Waals surface area contributed by atoms with Gasteiger partial charge in [0.05, 0.1) is 18.6 Å². The molecule has 2 heterocycles. The molecule has 0 fully saturated rings. The first kappa shape index (κ1) is 15.7. The quantitative estimate of drug-likeness (QED) is 0.852. The van der Waals surface area contributed by atoms with Gasteiger partial charge in [0.1, 0.15) is 6.10 Å². The molecule has 0 amide bonds. The predicted octanol–water partition coefficient (Wildman–Crippen LogP) is 2.70. The van der Waals surface area contributed by atoms with Crippen molar-refractivity contribution in [3.05, 3.63) is 59.8 Å². The topological polar surface area (TPSA) is 62.6 Å². The fraction of sp³-hybridized carbons (Fsp3) is 0.316. The molecular weight excluding hydrogens is 290 g/mol. The summed E-state index contributed by atoms with van der Waals surface area (Å²) in [6.07, 6.45) is 3.30. The van der Waals surface area contributed by atoms with Gasteiger partial charge >= 0.3 is 0 Å². The van der Waals surface area contributed by atoms with E-state index in [1.807, 2.05) is 56.3 Å². The summed E-state index contributed by atoms with van der Waals surface area (Å²) in [5, 5.41) is 20.1. The molecule has 1 atom stereocenters. The van der Waals surface area contributed by atoms with Gasteiger partial charge in [-0.2, -0.15) is 0 Å². The Morgan fingerprint density at radius 3 is 2.52 bits per heavy atom. The second-order valence-corrected chi connectivity index (χ2v) is 5.95. The Morgan fingerprint density at radius 1 is 1.22 bits per heavy atom. The Bertz CT molecular complexity index is 721. The van der Waals surface area contributed by atoms with Crippen molar-refractivity contribution >= 4 is 0 Å². The molecule has 0 spiro atoms. The van der Waals surface area contributed by atoms with E-state index >= 15 is 0 Å². The molecule has 1 aromatic heterocycles. The van der Waals surface area contributed by atoms with E-state index in [4.69, 9.17) is 4.74 Å². The molecule has 3 rings (SSSR count). The first-order valence-corrected chi connectivity index (χ1v) is 7.73. The van der Waals surface area contributed by atoms with Gasteiger partial charge in [-0.05, 0) is 31.1 Å². The highest BCUT2D eigenvalue weighted by Crippen LogP contribution is 2.45. The van der Waals surface area contributed by atoms with Gasteiger partial charge in [0.2, 0.25) is 5.88 Å². The summed E-state index contributed by atoms with van der Waals surface area (Å²) in [6.45, 7) is 3.46. The largest absolute Gasteiger partial charge is 0.468 e. The molecule has 2 N–H and O–H groups in total. The molecule has 0 aliphatic carbocycles. The lowest BCUT2D eigenvalue weighted by atomic mass is 9.76. The van der Waals surface area contributed by atoms with Crippen molar-refractivity contribution in [1.29, 1.82) is 0 Å². The number of ether oxygens (including phenoxy) is 1. The number of fused-ring (bicyclic) bond motifs is 1. The van der Waals surface area contributed by atoms with Crippen LogP contribution in [-0.4, -0.2) is 34.5 Å². The number of rotatable bonds is 4. The smallest absolute Gasteiger partial charge is 0.218 e. The lowest BCUT2D eigenvalue weighted by Crippen LogP contribution is -2.45. The van der Waals surface area contributed by atoms with E-state index in [2.05, 4.69) is 4.98 Å². The molecule has 0 radical (unpaired) electrons. The maximum Gasteiger partial charge on any atom is 0.218 e. The van der Waals surface area contributed by atoms with E-state index < -0.39 is 11.5 Å². The first-order chi connectivity index (χ1) is 11.2. The Hall–Kier alpha value is -2.17. The fourth-order valence-electron chi connectivity index (χ4n) is 3.12. The standard InChI is InChI=1S/C19H21NO3/c1-3-13(2)17-19(11-21,12-22)16-9-15(10-20-18(16)23-17)14-7-5-4-6-8-14/h3-10,17,21-22H,11-12H2,1-2H3/b13-3+. The summed E-state index contributed by atoms with van der Waals surface area (Å²) in [5.41, 5.74) is 2.84. The number of hydrogen-bond acceptors (Lipinski definition) is 4. The van der Waals surface area contributed by atoms with Crippen LogP contribution in [-0.2, 0) is 5.41 Å². The number of aliphatic hydroxyl groups excluding tert-OH is 2. The maximum atomic E-state index is 10.0. The second-order valence-electron chi connectivity index (χ2n) is 5.95. The van der Waals surface area contributed by atoms with Gasteiger partial charge in [-0.15, -0.1) is 0 Å². The summed E-state index contributed by atoms with van der Waals surface area (Å²) in [6, 6.07) is 11.9. The van der Waals surface area contributed by atoms with Crippen molar-refractivity contribution in [3.63, 3.8) is 0 Å². The Balaban J connectivity index is 2.13. The van der Waals surface area contributed by atoms with Crippen LogP contribution in [0.15, 0.2) is 54.2 Å². The van der Waals surface area contributed by atoms with Crippen molar-refractivity contribution < 1.29 is 14.9 Å². The number of pyridine rings is 1. The van der Waals surface area contributed by atoms with Crippen LogP contribution in [0.25, 0.3) is 11.1 Å². The van der Waals surface area contributed by atoms with Crippen molar-refractivity contribution in [2.75, 3.05) is 13.2 Å². The fourth-order valence-corrected chi connectivity index (χ4v) is 3.12. The van der Waals surface area contributed by atoms with Gasteiger partial charge in [-0.1, -0.05) is 36.4 Å². The zero-order chi connectivity index (χ0) is 16.4. The Kier molecular flexibility index (Phi) is 4.20. The highest BCUT2D eigenvalue weighted by atomic mass is 16.5. The van der Waals surface area contributed by atoms with Crippen molar-refractivity contribution in [1.82, 2.24) is 4.98 Å². The normalized spacial score (nSPS) is 19.3. The average Bonchev–Trinajstić information content (AvgIpc) is 2.95. The lowest BCUT2D eigenvalue weighted by molar-refractivity contribution is 0.0589. The van der Waals surface area contributed by atoms with E-state index in [1.165, 1.54) is 0 Å². The predicted molar refractivity (Wildman–Crippen MR) is 89.4 cm³/mol. The number of nitrogens with zero attached hydrogens (tertiary/aromatic N) is 1. The zero-order valence-electron chi connectivity index (χ0n) is 13.4. The molecule has 1 aliphatic heterocycles. The Labute approximate surface area is 136 Å². The average molecular weight is 311 g/mol. The zero-order valence-corrected chi connectivity index (χ0v) is 13.4. The van der Waals surface area contributed by atoms with Gasteiger partial charge in [0.15, 0.2) is 0 Å². The SMILES string of the molecule is C/C=C(\C)C1Oc2ncc(-c3ccccc3)cc2C1(CO)CO. The van der Waals surface area contributed by atoms with Gasteiger partial charge in [-0.25, -0.2) is 4.98 Å². The monoisotopic (exact) mass is 311 g/mol. The minimum Gasteiger partial charge on any atom is -0.468 e. The molecule has 4 heteroatoms. The molecular formula is C19H21NO3. The van der Waals surface area contributed by atoms with Crippen LogP contribution >= 0.6 is 0 Å². The molecule has 0 saturated heterocycles. The van der Waals surface area contributed by atoms with E-state index in [-0.39, 0.29) is 13.2 Å². The molecule has 23 heavy (non-hydrogen) atoms.